The Balaban J connectivity index is 1.57. The monoisotopic (exact) mass is 410 g/mol. The second kappa shape index (κ2) is 9.15. The first-order chi connectivity index (χ1) is 14.7. The maximum absolute atomic E-state index is 12.9. The van der Waals surface area contributed by atoms with Crippen LogP contribution >= 0.6 is 0 Å². The third-order valence-electron chi connectivity index (χ3n) is 5.27. The largest absolute Gasteiger partial charge is 0.493 e. The molecule has 8 nitrogen and oxygen atoms in total. The van der Waals surface area contributed by atoms with E-state index in [4.69, 9.17) is 14.2 Å². The number of hydrogen-bond acceptors (Lipinski definition) is 6. The van der Waals surface area contributed by atoms with E-state index in [9.17, 15) is 4.79 Å². The molecule has 30 heavy (non-hydrogen) atoms. The van der Waals surface area contributed by atoms with Crippen LogP contribution < -0.4 is 14.8 Å². The van der Waals surface area contributed by atoms with Crippen molar-refractivity contribution in [2.24, 2.45) is 0 Å². The van der Waals surface area contributed by atoms with Gasteiger partial charge in [0, 0.05) is 31.7 Å². The molecule has 0 unspecified atom stereocenters. The highest BCUT2D eigenvalue weighted by Gasteiger charge is 2.17. The number of imidazole rings is 1. The first-order valence-electron chi connectivity index (χ1n) is 9.98. The van der Waals surface area contributed by atoms with Crippen molar-refractivity contribution in [1.82, 2.24) is 14.5 Å². The minimum absolute atomic E-state index is 0.251. The van der Waals surface area contributed by atoms with Crippen LogP contribution in [0.15, 0.2) is 42.5 Å². The Morgan fingerprint density at radius 1 is 1.07 bits per heavy atom. The van der Waals surface area contributed by atoms with E-state index in [-0.39, 0.29) is 5.91 Å². The molecule has 0 radical (unpaired) electrons. The van der Waals surface area contributed by atoms with Crippen LogP contribution in [0.3, 0.4) is 0 Å². The van der Waals surface area contributed by atoms with Crippen molar-refractivity contribution in [3.63, 3.8) is 0 Å². The minimum Gasteiger partial charge on any atom is -0.493 e. The van der Waals surface area contributed by atoms with Gasteiger partial charge in [0.2, 0.25) is 5.95 Å². The van der Waals surface area contributed by atoms with E-state index in [1.165, 1.54) is 0 Å². The predicted molar refractivity (Wildman–Crippen MR) is 114 cm³/mol. The van der Waals surface area contributed by atoms with E-state index in [1.807, 2.05) is 24.3 Å². The molecule has 3 aromatic rings. The molecule has 1 aromatic heterocycles. The molecule has 0 aliphatic carbocycles. The summed E-state index contributed by atoms with van der Waals surface area (Å²) in [5, 5.41) is 2.97. The zero-order valence-corrected chi connectivity index (χ0v) is 17.3. The van der Waals surface area contributed by atoms with Crippen LogP contribution in [0.2, 0.25) is 0 Å². The molecule has 0 spiro atoms. The first-order valence-corrected chi connectivity index (χ1v) is 9.98. The number of carbonyl (C=O) groups is 1. The highest BCUT2D eigenvalue weighted by Crippen LogP contribution is 2.28. The molecule has 0 saturated carbocycles. The van der Waals surface area contributed by atoms with Gasteiger partial charge in [-0.2, -0.15) is 0 Å². The summed E-state index contributed by atoms with van der Waals surface area (Å²) < 4.78 is 18.1. The number of nitrogens with one attached hydrogen (secondary N) is 1. The van der Waals surface area contributed by atoms with Gasteiger partial charge < -0.3 is 18.8 Å². The molecule has 158 valence electrons. The molecule has 1 amide bonds. The Labute approximate surface area is 175 Å². The van der Waals surface area contributed by atoms with Crippen molar-refractivity contribution in [2.45, 2.75) is 6.54 Å². The van der Waals surface area contributed by atoms with Gasteiger partial charge in [-0.15, -0.1) is 0 Å². The van der Waals surface area contributed by atoms with E-state index in [1.54, 1.807) is 32.4 Å². The zero-order chi connectivity index (χ0) is 20.9. The van der Waals surface area contributed by atoms with E-state index in [0.717, 1.165) is 50.4 Å². The van der Waals surface area contributed by atoms with Crippen LogP contribution in [0.4, 0.5) is 5.95 Å². The van der Waals surface area contributed by atoms with Gasteiger partial charge >= 0.3 is 0 Å². The van der Waals surface area contributed by atoms with Crippen LogP contribution in [0.5, 0.6) is 11.5 Å². The van der Waals surface area contributed by atoms with Crippen LogP contribution in [-0.4, -0.2) is 67.4 Å². The summed E-state index contributed by atoms with van der Waals surface area (Å²) in [6.45, 7) is 4.94. The van der Waals surface area contributed by atoms with Gasteiger partial charge in [0.25, 0.3) is 5.91 Å². The summed E-state index contributed by atoms with van der Waals surface area (Å²) in [5.41, 5.74) is 2.31. The fourth-order valence-corrected chi connectivity index (χ4v) is 3.61. The average Bonchev–Trinajstić information content (AvgIpc) is 3.14. The summed E-state index contributed by atoms with van der Waals surface area (Å²) in [4.78, 5) is 19.9. The predicted octanol–water partition coefficient (Wildman–Crippen LogP) is 2.64. The number of aromatic nitrogens is 2. The third kappa shape index (κ3) is 4.24. The summed E-state index contributed by atoms with van der Waals surface area (Å²) >= 11 is 0. The van der Waals surface area contributed by atoms with E-state index < -0.39 is 0 Å². The maximum atomic E-state index is 12.9. The Hall–Kier alpha value is -3.10. The summed E-state index contributed by atoms with van der Waals surface area (Å²) in [5.74, 6) is 1.36. The Morgan fingerprint density at radius 3 is 2.60 bits per heavy atom. The van der Waals surface area contributed by atoms with Crippen molar-refractivity contribution >= 4 is 22.9 Å². The molecule has 1 aliphatic rings. The highest BCUT2D eigenvalue weighted by atomic mass is 16.5. The topological polar surface area (TPSA) is 77.9 Å². The van der Waals surface area contributed by atoms with Gasteiger partial charge in [-0.05, 0) is 30.3 Å². The fraction of sp³-hybridized carbons (Fsp3) is 0.364. The molecule has 1 N–H and O–H groups in total. The lowest BCUT2D eigenvalue weighted by Gasteiger charge is -2.26. The Morgan fingerprint density at radius 2 is 1.83 bits per heavy atom. The molecule has 1 saturated heterocycles. The van der Waals surface area contributed by atoms with Crippen LogP contribution in [0, 0.1) is 0 Å². The normalized spacial score (nSPS) is 14.6. The van der Waals surface area contributed by atoms with Crippen molar-refractivity contribution in [1.29, 1.82) is 0 Å². The molecule has 1 aliphatic heterocycles. The number of methoxy groups -OCH3 is 2. The summed E-state index contributed by atoms with van der Waals surface area (Å²) in [6.07, 6.45) is 0. The second-order valence-corrected chi connectivity index (χ2v) is 7.05. The number of anilines is 1. The summed E-state index contributed by atoms with van der Waals surface area (Å²) in [6, 6.07) is 13.0. The lowest BCUT2D eigenvalue weighted by molar-refractivity contribution is 0.0366. The molecule has 2 aromatic carbocycles. The summed E-state index contributed by atoms with van der Waals surface area (Å²) in [7, 11) is 3.11. The number of morpholine rings is 1. The number of amides is 1. The van der Waals surface area contributed by atoms with Crippen molar-refractivity contribution < 1.29 is 19.0 Å². The van der Waals surface area contributed by atoms with Crippen molar-refractivity contribution in [3.8, 4) is 11.5 Å². The third-order valence-corrected chi connectivity index (χ3v) is 5.27. The van der Waals surface area contributed by atoms with E-state index >= 15 is 0 Å². The first kappa shape index (κ1) is 20.2. The van der Waals surface area contributed by atoms with Gasteiger partial charge in [0.1, 0.15) is 0 Å². The Kier molecular flexibility index (Phi) is 6.15. The maximum Gasteiger partial charge on any atom is 0.258 e. The standard InChI is InChI=1S/C22H26N4O4/c1-28-19-8-7-16(15-20(19)29-2)21(27)24-22-23-17-5-3-4-6-18(17)26(22)10-9-25-11-13-30-14-12-25/h3-8,15H,9-14H2,1-2H3,(H,23,24,27). The number of ether oxygens (including phenoxy) is 3. The number of fused-ring (bicyclic) bond motifs is 1. The number of nitrogens with zero attached hydrogens (tertiary/aromatic N) is 3. The van der Waals surface area contributed by atoms with Gasteiger partial charge in [0.05, 0.1) is 38.5 Å². The molecule has 1 fully saturated rings. The fourth-order valence-electron chi connectivity index (χ4n) is 3.61. The van der Waals surface area contributed by atoms with E-state index in [2.05, 4.69) is 19.8 Å². The smallest absolute Gasteiger partial charge is 0.258 e. The van der Waals surface area contributed by atoms with Gasteiger partial charge in [-0.3, -0.25) is 15.0 Å². The van der Waals surface area contributed by atoms with Crippen LogP contribution in [0.25, 0.3) is 11.0 Å². The number of hydrogen-bond donors (Lipinski definition) is 1. The molecular formula is C22H26N4O4. The molecule has 8 heteroatoms. The zero-order valence-electron chi connectivity index (χ0n) is 17.3. The van der Waals surface area contributed by atoms with Crippen molar-refractivity contribution in [3.05, 3.63) is 48.0 Å². The minimum atomic E-state index is -0.251. The van der Waals surface area contributed by atoms with Crippen LogP contribution in [0.1, 0.15) is 10.4 Å². The molecular weight excluding hydrogens is 384 g/mol. The van der Waals surface area contributed by atoms with Gasteiger partial charge in [-0.25, -0.2) is 4.98 Å². The van der Waals surface area contributed by atoms with Crippen LogP contribution in [-0.2, 0) is 11.3 Å². The second-order valence-electron chi connectivity index (χ2n) is 7.05. The van der Waals surface area contributed by atoms with Crippen molar-refractivity contribution in [2.75, 3.05) is 52.4 Å². The number of carbonyl (C=O) groups excluding carboxylic acids is 1. The average molecular weight is 410 g/mol. The Bertz CT molecular complexity index is 1030. The lowest BCUT2D eigenvalue weighted by Crippen LogP contribution is -2.38. The number of para-hydroxylation sites is 2. The molecule has 0 atom stereocenters. The van der Waals surface area contributed by atoms with Gasteiger partial charge in [-0.1, -0.05) is 12.1 Å². The molecule has 0 bridgehead atoms. The highest BCUT2D eigenvalue weighted by molar-refractivity contribution is 6.04. The quantitative estimate of drug-likeness (QED) is 0.645. The van der Waals surface area contributed by atoms with E-state index in [0.29, 0.717) is 23.0 Å². The molecule has 2 heterocycles. The van der Waals surface area contributed by atoms with Gasteiger partial charge in [0.15, 0.2) is 11.5 Å². The molecule has 4 rings (SSSR count). The number of rotatable bonds is 7. The SMILES string of the molecule is COc1ccc(C(=O)Nc2nc3ccccc3n2CCN2CCOCC2)cc1OC. The lowest BCUT2D eigenvalue weighted by atomic mass is 10.2. The number of benzene rings is 2.